The van der Waals surface area contributed by atoms with Crippen molar-refractivity contribution >= 4 is 5.91 Å². The van der Waals surface area contributed by atoms with Crippen LogP contribution in [0.25, 0.3) is 0 Å². The molecule has 1 amide bonds. The molecule has 1 heterocycles. The number of rotatable bonds is 5. The molecule has 2 aromatic carbocycles. The molecular weight excluding hydrogens is 300 g/mol. The number of hydrogen-bond acceptors (Lipinski definition) is 3. The molecule has 0 radical (unpaired) electrons. The molecule has 1 unspecified atom stereocenters. The summed E-state index contributed by atoms with van der Waals surface area (Å²) in [6.07, 6.45) is 2.75. The first kappa shape index (κ1) is 16.7. The molecule has 0 fully saturated rings. The molecule has 1 aliphatic heterocycles. The van der Waals surface area contributed by atoms with E-state index in [0.29, 0.717) is 6.42 Å². The van der Waals surface area contributed by atoms with E-state index in [4.69, 9.17) is 10.5 Å². The van der Waals surface area contributed by atoms with Crippen molar-refractivity contribution < 1.29 is 9.53 Å². The van der Waals surface area contributed by atoms with Crippen molar-refractivity contribution in [2.75, 3.05) is 20.2 Å². The van der Waals surface area contributed by atoms with Crippen LogP contribution in [-0.4, -0.2) is 31.0 Å². The van der Waals surface area contributed by atoms with Crippen LogP contribution in [0.15, 0.2) is 54.6 Å². The maximum atomic E-state index is 11.4. The van der Waals surface area contributed by atoms with Crippen molar-refractivity contribution in [3.63, 3.8) is 0 Å². The minimum absolute atomic E-state index is 0.0918. The number of amides is 1. The molecule has 2 N–H and O–H groups in total. The zero-order valence-corrected chi connectivity index (χ0v) is 14.1. The number of likely N-dealkylation sites (N-methyl/N-ethyl adjacent to an activating group) is 1. The highest BCUT2D eigenvalue weighted by molar-refractivity contribution is 5.75. The predicted octanol–water partition coefficient (Wildman–Crippen LogP) is 2.46. The van der Waals surface area contributed by atoms with Gasteiger partial charge in [0.1, 0.15) is 6.61 Å². The van der Waals surface area contributed by atoms with Crippen LogP contribution in [0.4, 0.5) is 0 Å². The van der Waals surface area contributed by atoms with Crippen LogP contribution >= 0.6 is 0 Å². The lowest BCUT2D eigenvalue weighted by Crippen LogP contribution is -2.49. The molecule has 0 saturated carbocycles. The topological polar surface area (TPSA) is 55.6 Å². The molecule has 24 heavy (non-hydrogen) atoms. The number of benzene rings is 2. The molecular formula is C20H24N2O2. The van der Waals surface area contributed by atoms with Gasteiger partial charge in [0.25, 0.3) is 0 Å². The van der Waals surface area contributed by atoms with E-state index < -0.39 is 11.6 Å². The minimum Gasteiger partial charge on any atom is -0.368 e. The quantitative estimate of drug-likeness (QED) is 0.919. The highest BCUT2D eigenvalue weighted by Gasteiger charge is 2.41. The highest BCUT2D eigenvalue weighted by Crippen LogP contribution is 2.38. The number of carbonyl (C=O) groups is 1. The average molecular weight is 324 g/mol. The van der Waals surface area contributed by atoms with Gasteiger partial charge in [0.2, 0.25) is 5.91 Å². The summed E-state index contributed by atoms with van der Waals surface area (Å²) in [7, 11) is 2.06. The number of nitrogens with zero attached hydrogens (tertiary/aromatic N) is 1. The van der Waals surface area contributed by atoms with Crippen LogP contribution in [0.2, 0.25) is 0 Å². The summed E-state index contributed by atoms with van der Waals surface area (Å²) < 4.78 is 6.21. The Hall–Kier alpha value is -2.17. The van der Waals surface area contributed by atoms with Crippen LogP contribution in [0.5, 0.6) is 0 Å². The number of nitrogens with two attached hydrogens (primary N) is 1. The maximum Gasteiger partial charge on any atom is 0.243 e. The summed E-state index contributed by atoms with van der Waals surface area (Å²) in [6.45, 7) is 0.811. The average Bonchev–Trinajstić information content (AvgIpc) is 2.72. The monoisotopic (exact) mass is 324 g/mol. The Labute approximate surface area is 143 Å². The number of carbonyl (C=O) groups excluding carboxylic acids is 1. The molecule has 1 aliphatic rings. The van der Waals surface area contributed by atoms with Gasteiger partial charge < -0.3 is 10.5 Å². The minimum atomic E-state index is -0.677. The molecule has 0 saturated heterocycles. The van der Waals surface area contributed by atoms with Gasteiger partial charge in [-0.15, -0.1) is 0 Å². The second kappa shape index (κ2) is 7.16. The summed E-state index contributed by atoms with van der Waals surface area (Å²) in [5.74, 6) is -0.447. The van der Waals surface area contributed by atoms with E-state index in [2.05, 4.69) is 42.3 Å². The van der Waals surface area contributed by atoms with Gasteiger partial charge in [0, 0.05) is 18.5 Å². The molecule has 0 bridgehead atoms. The number of aryl methyl sites for hydroxylation is 1. The lowest BCUT2D eigenvalue weighted by atomic mass is 9.90. The summed E-state index contributed by atoms with van der Waals surface area (Å²) in [4.78, 5) is 13.6. The highest BCUT2D eigenvalue weighted by atomic mass is 16.5. The normalized spacial score (nSPS) is 21.0. The van der Waals surface area contributed by atoms with Crippen molar-refractivity contribution in [2.45, 2.75) is 25.0 Å². The van der Waals surface area contributed by atoms with Gasteiger partial charge in [-0.1, -0.05) is 54.6 Å². The second-order valence-corrected chi connectivity index (χ2v) is 6.38. The Morgan fingerprint density at radius 2 is 1.88 bits per heavy atom. The SMILES string of the molecule is CN1CCCc2ccccc2C1(Cc1ccccc1)OCC(N)=O. The summed E-state index contributed by atoms with van der Waals surface area (Å²) in [5, 5.41) is 0. The first-order valence-corrected chi connectivity index (χ1v) is 8.37. The lowest BCUT2D eigenvalue weighted by molar-refractivity contribution is -0.163. The van der Waals surface area contributed by atoms with E-state index in [0.717, 1.165) is 24.9 Å². The van der Waals surface area contributed by atoms with E-state index in [1.54, 1.807) is 0 Å². The number of ether oxygens (including phenoxy) is 1. The Morgan fingerprint density at radius 3 is 2.62 bits per heavy atom. The third kappa shape index (κ3) is 3.35. The fourth-order valence-electron chi connectivity index (χ4n) is 3.54. The Balaban J connectivity index is 2.09. The molecule has 0 aliphatic carbocycles. The van der Waals surface area contributed by atoms with Crippen molar-refractivity contribution in [1.29, 1.82) is 0 Å². The Bertz CT molecular complexity index is 702. The summed E-state index contributed by atoms with van der Waals surface area (Å²) >= 11 is 0. The molecule has 126 valence electrons. The molecule has 1 atom stereocenters. The summed E-state index contributed by atoms with van der Waals surface area (Å²) in [5.41, 5.74) is 8.29. The van der Waals surface area contributed by atoms with Crippen molar-refractivity contribution in [1.82, 2.24) is 4.90 Å². The van der Waals surface area contributed by atoms with Crippen molar-refractivity contribution in [3.05, 3.63) is 71.3 Å². The summed E-state index contributed by atoms with van der Waals surface area (Å²) in [6, 6.07) is 18.6. The number of hydrogen-bond donors (Lipinski definition) is 1. The first-order valence-electron chi connectivity index (χ1n) is 8.37. The zero-order valence-electron chi connectivity index (χ0n) is 14.1. The number of primary amides is 1. The molecule has 2 aromatic rings. The standard InChI is InChI=1S/C20H24N2O2/c1-22-13-7-11-17-10-5-6-12-18(17)20(22,24-15-19(21)23)14-16-8-3-2-4-9-16/h2-6,8-10,12H,7,11,13-15H2,1H3,(H2,21,23). The molecule has 3 rings (SSSR count). The molecule has 0 spiro atoms. The van der Waals surface area contributed by atoms with Crippen molar-refractivity contribution in [2.24, 2.45) is 5.73 Å². The lowest BCUT2D eigenvalue weighted by Gasteiger charge is -2.41. The Morgan fingerprint density at radius 1 is 1.17 bits per heavy atom. The first-order chi connectivity index (χ1) is 11.6. The van der Waals surface area contributed by atoms with E-state index in [9.17, 15) is 4.79 Å². The third-order valence-electron chi connectivity index (χ3n) is 4.73. The third-order valence-corrected chi connectivity index (χ3v) is 4.73. The van der Waals surface area contributed by atoms with E-state index in [1.807, 2.05) is 24.3 Å². The predicted molar refractivity (Wildman–Crippen MR) is 94.4 cm³/mol. The van der Waals surface area contributed by atoms with Gasteiger partial charge >= 0.3 is 0 Å². The maximum absolute atomic E-state index is 11.4. The molecule has 4 nitrogen and oxygen atoms in total. The fraction of sp³-hybridized carbons (Fsp3) is 0.350. The van der Waals surface area contributed by atoms with Crippen LogP contribution in [0.3, 0.4) is 0 Å². The molecule has 4 heteroatoms. The largest absolute Gasteiger partial charge is 0.368 e. The van der Waals surface area contributed by atoms with Gasteiger partial charge in [-0.3, -0.25) is 9.69 Å². The number of fused-ring (bicyclic) bond motifs is 1. The van der Waals surface area contributed by atoms with Crippen LogP contribution < -0.4 is 5.73 Å². The van der Waals surface area contributed by atoms with Crippen LogP contribution in [0.1, 0.15) is 23.1 Å². The van der Waals surface area contributed by atoms with Crippen LogP contribution in [0, 0.1) is 0 Å². The van der Waals surface area contributed by atoms with E-state index in [-0.39, 0.29) is 6.61 Å². The van der Waals surface area contributed by atoms with Gasteiger partial charge in [0.05, 0.1) is 0 Å². The van der Waals surface area contributed by atoms with E-state index in [1.165, 1.54) is 11.1 Å². The van der Waals surface area contributed by atoms with Gasteiger partial charge in [-0.25, -0.2) is 0 Å². The smallest absolute Gasteiger partial charge is 0.243 e. The molecule has 0 aromatic heterocycles. The van der Waals surface area contributed by atoms with E-state index >= 15 is 0 Å². The van der Waals surface area contributed by atoms with Crippen molar-refractivity contribution in [3.8, 4) is 0 Å². The fourth-order valence-corrected chi connectivity index (χ4v) is 3.54. The van der Waals surface area contributed by atoms with Crippen LogP contribution in [-0.2, 0) is 28.1 Å². The second-order valence-electron chi connectivity index (χ2n) is 6.38. The zero-order chi connectivity index (χ0) is 17.0. The van der Waals surface area contributed by atoms with Gasteiger partial charge in [-0.2, -0.15) is 0 Å². The van der Waals surface area contributed by atoms with Gasteiger partial charge in [-0.05, 0) is 31.0 Å². The Kier molecular flexibility index (Phi) is 4.97. The van der Waals surface area contributed by atoms with Gasteiger partial charge in [0.15, 0.2) is 5.72 Å².